The van der Waals surface area contributed by atoms with Crippen LogP contribution in [0.25, 0.3) is 0 Å². The van der Waals surface area contributed by atoms with Crippen molar-refractivity contribution in [3.63, 3.8) is 0 Å². The van der Waals surface area contributed by atoms with Gasteiger partial charge < -0.3 is 15.0 Å². The molecule has 0 aliphatic heterocycles. The third kappa shape index (κ3) is 5.49. The fourth-order valence-electron chi connectivity index (χ4n) is 2.51. The van der Waals surface area contributed by atoms with Crippen LogP contribution in [0.2, 0.25) is 5.02 Å². The van der Waals surface area contributed by atoms with Crippen molar-refractivity contribution < 1.29 is 14.3 Å². The van der Waals surface area contributed by atoms with E-state index in [1.165, 1.54) is 4.90 Å². The van der Waals surface area contributed by atoms with Crippen LogP contribution in [0.4, 0.5) is 0 Å². The average molecular weight is 375 g/mol. The maximum Gasteiger partial charge on any atom is 0.261 e. The van der Waals surface area contributed by atoms with Crippen molar-refractivity contribution in [3.05, 3.63) is 64.7 Å². The van der Waals surface area contributed by atoms with Crippen LogP contribution in [0.15, 0.2) is 48.5 Å². The first-order chi connectivity index (χ1) is 12.4. The van der Waals surface area contributed by atoms with Gasteiger partial charge in [-0.3, -0.25) is 9.59 Å². The molecule has 2 aromatic rings. The van der Waals surface area contributed by atoms with E-state index in [1.807, 2.05) is 37.3 Å². The SMILES string of the molecule is CNC(=O)C(C)N(Cc1ccc(Cl)cc1)C(=O)COc1cccc(C)c1. The summed E-state index contributed by atoms with van der Waals surface area (Å²) in [6, 6.07) is 14.0. The van der Waals surface area contributed by atoms with Gasteiger partial charge in [0.1, 0.15) is 11.8 Å². The van der Waals surface area contributed by atoms with E-state index >= 15 is 0 Å². The summed E-state index contributed by atoms with van der Waals surface area (Å²) in [5.41, 5.74) is 1.93. The molecule has 1 atom stereocenters. The van der Waals surface area contributed by atoms with E-state index in [2.05, 4.69) is 5.32 Å². The number of carbonyl (C=O) groups is 2. The summed E-state index contributed by atoms with van der Waals surface area (Å²) in [5.74, 6) is 0.123. The van der Waals surface area contributed by atoms with Crippen LogP contribution in [-0.2, 0) is 16.1 Å². The van der Waals surface area contributed by atoms with Crippen molar-refractivity contribution in [2.24, 2.45) is 0 Å². The first-order valence-electron chi connectivity index (χ1n) is 8.35. The Morgan fingerprint density at radius 2 is 1.88 bits per heavy atom. The molecular weight excluding hydrogens is 352 g/mol. The molecule has 6 heteroatoms. The van der Waals surface area contributed by atoms with Gasteiger partial charge in [0.15, 0.2) is 6.61 Å². The van der Waals surface area contributed by atoms with E-state index < -0.39 is 6.04 Å². The Morgan fingerprint density at radius 1 is 1.19 bits per heavy atom. The van der Waals surface area contributed by atoms with E-state index in [9.17, 15) is 9.59 Å². The van der Waals surface area contributed by atoms with Crippen LogP contribution in [0.5, 0.6) is 5.75 Å². The first kappa shape index (κ1) is 19.8. The van der Waals surface area contributed by atoms with Crippen LogP contribution < -0.4 is 10.1 Å². The average Bonchev–Trinajstić information content (AvgIpc) is 2.64. The molecule has 0 saturated heterocycles. The van der Waals surface area contributed by atoms with Gasteiger partial charge in [-0.1, -0.05) is 35.9 Å². The molecule has 26 heavy (non-hydrogen) atoms. The second kappa shape index (κ2) is 9.25. The van der Waals surface area contributed by atoms with Crippen molar-refractivity contribution in [1.82, 2.24) is 10.2 Å². The van der Waals surface area contributed by atoms with E-state index in [0.717, 1.165) is 11.1 Å². The molecule has 0 heterocycles. The number of hydrogen-bond acceptors (Lipinski definition) is 3. The number of aryl methyl sites for hydroxylation is 1. The maximum absolute atomic E-state index is 12.7. The molecule has 0 aliphatic carbocycles. The van der Waals surface area contributed by atoms with Crippen LogP contribution in [0.1, 0.15) is 18.1 Å². The predicted molar refractivity (Wildman–Crippen MR) is 102 cm³/mol. The first-order valence-corrected chi connectivity index (χ1v) is 8.73. The number of hydrogen-bond donors (Lipinski definition) is 1. The zero-order valence-corrected chi connectivity index (χ0v) is 15.9. The monoisotopic (exact) mass is 374 g/mol. The minimum atomic E-state index is -0.621. The summed E-state index contributed by atoms with van der Waals surface area (Å²) < 4.78 is 5.61. The lowest BCUT2D eigenvalue weighted by atomic mass is 10.1. The fraction of sp³-hybridized carbons (Fsp3) is 0.300. The number of benzene rings is 2. The van der Waals surface area contributed by atoms with Crippen LogP contribution >= 0.6 is 11.6 Å². The molecule has 2 amide bonds. The van der Waals surface area contributed by atoms with Crippen molar-refractivity contribution in [2.75, 3.05) is 13.7 Å². The summed E-state index contributed by atoms with van der Waals surface area (Å²) in [7, 11) is 1.55. The van der Waals surface area contributed by atoms with Gasteiger partial charge in [0.05, 0.1) is 0 Å². The van der Waals surface area contributed by atoms with E-state index in [4.69, 9.17) is 16.3 Å². The number of carbonyl (C=O) groups excluding carboxylic acids is 2. The number of halogens is 1. The Labute approximate surface area is 158 Å². The van der Waals surface area contributed by atoms with Gasteiger partial charge in [0.2, 0.25) is 5.91 Å². The fourth-order valence-corrected chi connectivity index (χ4v) is 2.64. The minimum Gasteiger partial charge on any atom is -0.484 e. The molecule has 0 spiro atoms. The van der Waals surface area contributed by atoms with Gasteiger partial charge in [0, 0.05) is 18.6 Å². The third-order valence-corrected chi connectivity index (χ3v) is 4.28. The molecule has 138 valence electrons. The predicted octanol–water partition coefficient (Wildman–Crippen LogP) is 3.19. The number of likely N-dealkylation sites (N-methyl/N-ethyl adjacent to an activating group) is 1. The molecule has 2 rings (SSSR count). The van der Waals surface area contributed by atoms with Gasteiger partial charge in [-0.2, -0.15) is 0 Å². The smallest absolute Gasteiger partial charge is 0.261 e. The van der Waals surface area contributed by atoms with Crippen molar-refractivity contribution in [1.29, 1.82) is 0 Å². The van der Waals surface area contributed by atoms with Crippen LogP contribution in [0, 0.1) is 6.92 Å². The normalized spacial score (nSPS) is 11.5. The quantitative estimate of drug-likeness (QED) is 0.809. The molecule has 0 radical (unpaired) electrons. The largest absolute Gasteiger partial charge is 0.484 e. The van der Waals surface area contributed by atoms with Gasteiger partial charge in [-0.25, -0.2) is 0 Å². The number of nitrogens with zero attached hydrogens (tertiary/aromatic N) is 1. The second-order valence-corrected chi connectivity index (χ2v) is 6.48. The van der Waals surface area contributed by atoms with Crippen LogP contribution in [-0.4, -0.2) is 36.4 Å². The zero-order chi connectivity index (χ0) is 19.1. The highest BCUT2D eigenvalue weighted by Crippen LogP contribution is 2.15. The minimum absolute atomic E-state index is 0.140. The molecule has 0 aliphatic rings. The molecule has 1 unspecified atom stereocenters. The molecule has 0 aromatic heterocycles. The van der Waals surface area contributed by atoms with Gasteiger partial charge in [-0.15, -0.1) is 0 Å². The standard InChI is InChI=1S/C20H23ClN2O3/c1-14-5-4-6-18(11-14)26-13-19(24)23(15(2)20(25)22-3)12-16-7-9-17(21)10-8-16/h4-11,15H,12-13H2,1-3H3,(H,22,25). The summed E-state index contributed by atoms with van der Waals surface area (Å²) in [6.45, 7) is 3.80. The zero-order valence-electron chi connectivity index (χ0n) is 15.2. The third-order valence-electron chi connectivity index (χ3n) is 4.03. The number of nitrogens with one attached hydrogen (secondary N) is 1. The van der Waals surface area contributed by atoms with Crippen molar-refractivity contribution >= 4 is 23.4 Å². The van der Waals surface area contributed by atoms with E-state index in [0.29, 0.717) is 17.3 Å². The summed E-state index contributed by atoms with van der Waals surface area (Å²) in [4.78, 5) is 26.3. The lowest BCUT2D eigenvalue weighted by Gasteiger charge is -2.28. The molecule has 0 bridgehead atoms. The molecule has 2 aromatic carbocycles. The topological polar surface area (TPSA) is 58.6 Å². The lowest BCUT2D eigenvalue weighted by Crippen LogP contribution is -2.48. The number of rotatable bonds is 7. The maximum atomic E-state index is 12.7. The Balaban J connectivity index is 2.12. The van der Waals surface area contributed by atoms with Crippen LogP contribution in [0.3, 0.4) is 0 Å². The highest BCUT2D eigenvalue weighted by Gasteiger charge is 2.25. The Morgan fingerprint density at radius 3 is 2.50 bits per heavy atom. The van der Waals surface area contributed by atoms with Crippen molar-refractivity contribution in [3.8, 4) is 5.75 Å². The summed E-state index contributed by atoms with van der Waals surface area (Å²) >= 11 is 5.91. The van der Waals surface area contributed by atoms with Gasteiger partial charge in [0.25, 0.3) is 5.91 Å². The Hall–Kier alpha value is -2.53. The Bertz CT molecular complexity index is 762. The number of ether oxygens (including phenoxy) is 1. The highest BCUT2D eigenvalue weighted by molar-refractivity contribution is 6.30. The van der Waals surface area contributed by atoms with Crippen molar-refractivity contribution in [2.45, 2.75) is 26.4 Å². The molecular formula is C20H23ClN2O3. The summed E-state index contributed by atoms with van der Waals surface area (Å²) in [6.07, 6.45) is 0. The van der Waals surface area contributed by atoms with E-state index in [1.54, 1.807) is 32.2 Å². The molecule has 0 fully saturated rings. The molecule has 0 saturated carbocycles. The lowest BCUT2D eigenvalue weighted by molar-refractivity contribution is -0.142. The summed E-state index contributed by atoms with van der Waals surface area (Å²) in [5, 5.41) is 3.20. The van der Waals surface area contributed by atoms with Gasteiger partial charge in [-0.05, 0) is 49.2 Å². The van der Waals surface area contributed by atoms with Gasteiger partial charge >= 0.3 is 0 Å². The van der Waals surface area contributed by atoms with E-state index in [-0.39, 0.29) is 18.4 Å². The highest BCUT2D eigenvalue weighted by atomic mass is 35.5. The molecule has 1 N–H and O–H groups in total. The second-order valence-electron chi connectivity index (χ2n) is 6.04. The molecule has 5 nitrogen and oxygen atoms in total. The number of amides is 2. The Kier molecular flexibility index (Phi) is 7.04.